The largest absolute Gasteiger partial charge is 0.329 e. The van der Waals surface area contributed by atoms with Crippen molar-refractivity contribution in [1.29, 1.82) is 0 Å². The molecule has 0 saturated carbocycles. The number of pyridine rings is 1. The lowest BCUT2D eigenvalue weighted by Gasteiger charge is -2.28. The molecule has 0 saturated heterocycles. The Morgan fingerprint density at radius 3 is 2.85 bits per heavy atom. The van der Waals surface area contributed by atoms with Crippen molar-refractivity contribution in [2.24, 2.45) is 7.05 Å². The van der Waals surface area contributed by atoms with E-state index in [0.29, 0.717) is 23.6 Å². The standard InChI is InChI=1S/C16H15F2N7O/c1-23-8-10(7-20-23)13-11(3-2-4-19-13)16(26)24-5-6-25-12(9-24)21-22-15(25)14(17)18/h2-4,7-8,14H,5-6,9H2,1H3. The minimum Gasteiger partial charge on any atom is -0.329 e. The third-order valence-corrected chi connectivity index (χ3v) is 4.28. The van der Waals surface area contributed by atoms with Gasteiger partial charge in [0.25, 0.3) is 12.3 Å². The Labute approximate surface area is 147 Å². The molecule has 0 radical (unpaired) electrons. The molecule has 0 bridgehead atoms. The van der Waals surface area contributed by atoms with Crippen molar-refractivity contribution in [3.63, 3.8) is 0 Å². The fraction of sp³-hybridized carbons (Fsp3) is 0.312. The second-order valence-corrected chi connectivity index (χ2v) is 5.96. The van der Waals surface area contributed by atoms with Gasteiger partial charge in [-0.15, -0.1) is 10.2 Å². The number of hydrogen-bond acceptors (Lipinski definition) is 5. The third kappa shape index (κ3) is 2.72. The number of amides is 1. The molecule has 26 heavy (non-hydrogen) atoms. The molecule has 134 valence electrons. The molecule has 3 aromatic heterocycles. The Kier molecular flexibility index (Phi) is 3.94. The van der Waals surface area contributed by atoms with Gasteiger partial charge in [-0.2, -0.15) is 5.10 Å². The molecule has 1 amide bonds. The molecule has 0 spiro atoms. The Morgan fingerprint density at radius 2 is 2.12 bits per heavy atom. The highest BCUT2D eigenvalue weighted by Crippen LogP contribution is 2.25. The smallest absolute Gasteiger partial charge is 0.297 e. The molecule has 0 unspecified atom stereocenters. The van der Waals surface area contributed by atoms with Crippen LogP contribution >= 0.6 is 0 Å². The first kappa shape index (κ1) is 16.3. The predicted molar refractivity (Wildman–Crippen MR) is 86.2 cm³/mol. The first-order valence-corrected chi connectivity index (χ1v) is 7.98. The molecule has 4 heterocycles. The number of fused-ring (bicyclic) bond motifs is 1. The van der Waals surface area contributed by atoms with Gasteiger partial charge >= 0.3 is 0 Å². The van der Waals surface area contributed by atoms with Gasteiger partial charge < -0.3 is 9.47 Å². The predicted octanol–water partition coefficient (Wildman–Crippen LogP) is 1.67. The van der Waals surface area contributed by atoms with E-state index in [4.69, 9.17) is 0 Å². The van der Waals surface area contributed by atoms with E-state index in [1.54, 1.807) is 47.4 Å². The number of aryl methyl sites for hydroxylation is 1. The monoisotopic (exact) mass is 359 g/mol. The quantitative estimate of drug-likeness (QED) is 0.710. The van der Waals surface area contributed by atoms with E-state index in [1.165, 1.54) is 4.57 Å². The molecule has 0 aromatic carbocycles. The van der Waals surface area contributed by atoms with Crippen LogP contribution in [0.3, 0.4) is 0 Å². The number of nitrogens with zero attached hydrogens (tertiary/aromatic N) is 7. The van der Waals surface area contributed by atoms with Crippen molar-refractivity contribution < 1.29 is 13.6 Å². The summed E-state index contributed by atoms with van der Waals surface area (Å²) in [5, 5.41) is 11.4. The third-order valence-electron chi connectivity index (χ3n) is 4.28. The van der Waals surface area contributed by atoms with Gasteiger partial charge in [-0.25, -0.2) is 8.78 Å². The number of hydrogen-bond donors (Lipinski definition) is 0. The zero-order chi connectivity index (χ0) is 18.3. The van der Waals surface area contributed by atoms with E-state index in [9.17, 15) is 13.6 Å². The summed E-state index contributed by atoms with van der Waals surface area (Å²) in [5.41, 5.74) is 1.70. The Hall–Kier alpha value is -3.17. The van der Waals surface area contributed by atoms with Gasteiger partial charge in [0, 0.05) is 38.1 Å². The SMILES string of the molecule is Cn1cc(-c2ncccc2C(=O)N2CCn3c(nnc3C(F)F)C2)cn1. The summed E-state index contributed by atoms with van der Waals surface area (Å²) in [6.45, 7) is 0.654. The Morgan fingerprint density at radius 1 is 1.27 bits per heavy atom. The van der Waals surface area contributed by atoms with Crippen LogP contribution in [-0.4, -0.2) is 46.9 Å². The van der Waals surface area contributed by atoms with E-state index in [-0.39, 0.29) is 24.8 Å². The Bertz CT molecular complexity index is 965. The Balaban J connectivity index is 1.63. The van der Waals surface area contributed by atoms with Gasteiger partial charge in [-0.1, -0.05) is 0 Å². The van der Waals surface area contributed by atoms with Gasteiger partial charge in [0.15, 0.2) is 11.6 Å². The zero-order valence-corrected chi connectivity index (χ0v) is 13.9. The minimum atomic E-state index is -2.69. The molecule has 0 aliphatic carbocycles. The van der Waals surface area contributed by atoms with Crippen molar-refractivity contribution in [3.05, 3.63) is 47.9 Å². The summed E-state index contributed by atoms with van der Waals surface area (Å²) in [6, 6.07) is 3.38. The normalized spacial score (nSPS) is 13.9. The second-order valence-electron chi connectivity index (χ2n) is 5.96. The van der Waals surface area contributed by atoms with Crippen LogP contribution in [0.2, 0.25) is 0 Å². The maximum absolute atomic E-state index is 13.0. The van der Waals surface area contributed by atoms with Crippen LogP contribution in [0.15, 0.2) is 30.7 Å². The van der Waals surface area contributed by atoms with E-state index in [0.717, 1.165) is 5.56 Å². The number of rotatable bonds is 3. The van der Waals surface area contributed by atoms with Gasteiger partial charge in [0.1, 0.15) is 0 Å². The topological polar surface area (TPSA) is 81.7 Å². The highest BCUT2D eigenvalue weighted by Gasteiger charge is 2.29. The van der Waals surface area contributed by atoms with Crippen molar-refractivity contribution in [1.82, 2.24) is 34.4 Å². The lowest BCUT2D eigenvalue weighted by Crippen LogP contribution is -2.39. The van der Waals surface area contributed by atoms with Crippen LogP contribution in [0, 0.1) is 0 Å². The van der Waals surface area contributed by atoms with Crippen LogP contribution in [0.1, 0.15) is 28.4 Å². The molecule has 1 aliphatic heterocycles. The molecular formula is C16H15F2N7O. The number of halogens is 2. The number of carbonyl (C=O) groups is 1. The van der Waals surface area contributed by atoms with Crippen LogP contribution in [-0.2, 0) is 20.1 Å². The average molecular weight is 359 g/mol. The average Bonchev–Trinajstić information content (AvgIpc) is 3.26. The fourth-order valence-corrected chi connectivity index (χ4v) is 3.04. The van der Waals surface area contributed by atoms with Crippen LogP contribution < -0.4 is 0 Å². The van der Waals surface area contributed by atoms with Gasteiger partial charge in [0.05, 0.1) is 24.0 Å². The molecule has 3 aromatic rings. The molecule has 0 fully saturated rings. The van der Waals surface area contributed by atoms with Crippen molar-refractivity contribution in [2.45, 2.75) is 19.5 Å². The lowest BCUT2D eigenvalue weighted by molar-refractivity contribution is 0.0699. The zero-order valence-electron chi connectivity index (χ0n) is 13.9. The first-order chi connectivity index (χ1) is 12.5. The maximum atomic E-state index is 13.0. The van der Waals surface area contributed by atoms with Crippen molar-refractivity contribution in [3.8, 4) is 11.3 Å². The summed E-state index contributed by atoms with van der Waals surface area (Å²) in [5.74, 6) is -0.235. The summed E-state index contributed by atoms with van der Waals surface area (Å²) < 4.78 is 28.9. The van der Waals surface area contributed by atoms with Gasteiger partial charge in [-0.3, -0.25) is 14.5 Å². The first-order valence-electron chi connectivity index (χ1n) is 7.98. The molecular weight excluding hydrogens is 344 g/mol. The van der Waals surface area contributed by atoms with E-state index >= 15 is 0 Å². The van der Waals surface area contributed by atoms with E-state index < -0.39 is 6.43 Å². The highest BCUT2D eigenvalue weighted by atomic mass is 19.3. The van der Waals surface area contributed by atoms with Gasteiger partial charge in [-0.05, 0) is 12.1 Å². The molecule has 4 rings (SSSR count). The van der Waals surface area contributed by atoms with Crippen LogP contribution in [0.4, 0.5) is 8.78 Å². The van der Waals surface area contributed by atoms with E-state index in [2.05, 4.69) is 20.3 Å². The summed E-state index contributed by atoms with van der Waals surface area (Å²) >= 11 is 0. The van der Waals surface area contributed by atoms with E-state index in [1.807, 2.05) is 0 Å². The summed E-state index contributed by atoms with van der Waals surface area (Å²) in [4.78, 5) is 18.9. The molecule has 1 aliphatic rings. The molecule has 0 N–H and O–H groups in total. The lowest BCUT2D eigenvalue weighted by atomic mass is 10.1. The minimum absolute atomic E-state index is 0.125. The van der Waals surface area contributed by atoms with Crippen molar-refractivity contribution >= 4 is 5.91 Å². The number of aromatic nitrogens is 6. The second kappa shape index (κ2) is 6.28. The maximum Gasteiger partial charge on any atom is 0.297 e. The van der Waals surface area contributed by atoms with Crippen molar-refractivity contribution in [2.75, 3.05) is 6.54 Å². The van der Waals surface area contributed by atoms with Crippen LogP contribution in [0.5, 0.6) is 0 Å². The molecule has 8 nitrogen and oxygen atoms in total. The highest BCUT2D eigenvalue weighted by molar-refractivity contribution is 5.99. The summed E-state index contributed by atoms with van der Waals surface area (Å²) in [6.07, 6.45) is 2.34. The van der Waals surface area contributed by atoms with Crippen LogP contribution in [0.25, 0.3) is 11.3 Å². The fourth-order valence-electron chi connectivity index (χ4n) is 3.04. The summed E-state index contributed by atoms with van der Waals surface area (Å²) in [7, 11) is 1.78. The number of carbonyl (C=O) groups excluding carboxylic acids is 1. The molecule has 0 atom stereocenters. The van der Waals surface area contributed by atoms with Gasteiger partial charge in [0.2, 0.25) is 0 Å². The molecule has 10 heteroatoms. The number of alkyl halides is 2.